The fourth-order valence-corrected chi connectivity index (χ4v) is 2.46. The van der Waals surface area contributed by atoms with E-state index in [0.29, 0.717) is 6.07 Å². The minimum Gasteiger partial charge on any atom is -0.396 e. The van der Waals surface area contributed by atoms with Crippen molar-refractivity contribution >= 4 is 10.0 Å². The lowest BCUT2D eigenvalue weighted by molar-refractivity contribution is 0.238. The molecule has 1 unspecified atom stereocenters. The third kappa shape index (κ3) is 3.47. The predicted octanol–water partition coefficient (Wildman–Crippen LogP) is 1.18. The fourth-order valence-electron chi connectivity index (χ4n) is 1.23. The Morgan fingerprint density at radius 3 is 2.50 bits per heavy atom. The van der Waals surface area contributed by atoms with Crippen molar-refractivity contribution < 1.29 is 22.3 Å². The van der Waals surface area contributed by atoms with Crippen molar-refractivity contribution in [3.8, 4) is 0 Å². The molecule has 1 aromatic carbocycles. The lowest BCUT2D eigenvalue weighted by atomic mass is 10.2. The Morgan fingerprint density at radius 1 is 1.33 bits per heavy atom. The molecule has 0 aromatic heterocycles. The van der Waals surface area contributed by atoms with Crippen molar-refractivity contribution in [3.63, 3.8) is 0 Å². The summed E-state index contributed by atoms with van der Waals surface area (Å²) >= 11 is 0. The average molecular weight is 279 g/mol. The molecule has 0 fully saturated rings. The minimum absolute atomic E-state index is 0.0372. The maximum absolute atomic E-state index is 13.5. The Bertz CT molecular complexity index is 531. The highest BCUT2D eigenvalue weighted by Gasteiger charge is 2.21. The van der Waals surface area contributed by atoms with Crippen LogP contribution in [0.4, 0.5) is 8.78 Å². The van der Waals surface area contributed by atoms with Gasteiger partial charge in [0.2, 0.25) is 10.0 Å². The molecule has 0 amide bonds. The summed E-state index contributed by atoms with van der Waals surface area (Å²) in [5.41, 5.74) is 0.0372. The highest BCUT2D eigenvalue weighted by Crippen LogP contribution is 2.18. The second-order valence-electron chi connectivity index (χ2n) is 4.17. The summed E-state index contributed by atoms with van der Waals surface area (Å²) in [7, 11) is -4.11. The first kappa shape index (κ1) is 15.0. The summed E-state index contributed by atoms with van der Waals surface area (Å²) in [4.78, 5) is -0.726. The number of nitrogens with one attached hydrogen (secondary N) is 1. The number of hydrogen-bond acceptors (Lipinski definition) is 3. The van der Waals surface area contributed by atoms with Gasteiger partial charge < -0.3 is 5.11 Å². The van der Waals surface area contributed by atoms with Crippen molar-refractivity contribution in [1.29, 1.82) is 0 Å². The van der Waals surface area contributed by atoms with Crippen LogP contribution in [-0.2, 0) is 10.0 Å². The Kier molecular flexibility index (Phi) is 4.78. The third-order valence-electron chi connectivity index (χ3n) is 2.44. The molecule has 0 heterocycles. The van der Waals surface area contributed by atoms with Gasteiger partial charge in [0, 0.05) is 13.2 Å². The first-order valence-electron chi connectivity index (χ1n) is 5.34. The van der Waals surface area contributed by atoms with Crippen LogP contribution in [0.3, 0.4) is 0 Å². The minimum atomic E-state index is -4.11. The second-order valence-corrected chi connectivity index (χ2v) is 5.91. The van der Waals surface area contributed by atoms with E-state index in [1.165, 1.54) is 6.92 Å². The molecule has 0 bridgehead atoms. The van der Waals surface area contributed by atoms with Crippen LogP contribution in [0.1, 0.15) is 12.5 Å². The largest absolute Gasteiger partial charge is 0.396 e. The van der Waals surface area contributed by atoms with Crippen LogP contribution in [0.5, 0.6) is 0 Å². The van der Waals surface area contributed by atoms with Crippen LogP contribution in [0.15, 0.2) is 17.0 Å². The molecule has 0 saturated carbocycles. The van der Waals surface area contributed by atoms with Gasteiger partial charge in [-0.2, -0.15) is 0 Å². The van der Waals surface area contributed by atoms with E-state index in [9.17, 15) is 17.2 Å². The van der Waals surface area contributed by atoms with Crippen LogP contribution in [0.25, 0.3) is 0 Å². The SMILES string of the molecule is Cc1cc(F)c(S(=O)(=O)NCC(C)CO)cc1F. The smallest absolute Gasteiger partial charge is 0.243 e. The summed E-state index contributed by atoms with van der Waals surface area (Å²) in [5, 5.41) is 8.77. The zero-order valence-corrected chi connectivity index (χ0v) is 10.9. The van der Waals surface area contributed by atoms with Crippen LogP contribution in [0, 0.1) is 24.5 Å². The summed E-state index contributed by atoms with van der Waals surface area (Å²) in [6.45, 7) is 2.71. The molecule has 1 rings (SSSR count). The zero-order chi connectivity index (χ0) is 13.9. The van der Waals surface area contributed by atoms with E-state index >= 15 is 0 Å². The predicted molar refractivity (Wildman–Crippen MR) is 62.5 cm³/mol. The molecular weight excluding hydrogens is 264 g/mol. The number of hydrogen-bond donors (Lipinski definition) is 2. The standard InChI is InChI=1S/C11H15F2NO3S/c1-7(6-15)5-14-18(16,17)11-4-9(12)8(2)3-10(11)13/h3-4,7,14-15H,5-6H2,1-2H3. The lowest BCUT2D eigenvalue weighted by Gasteiger charge is -2.11. The molecule has 2 N–H and O–H groups in total. The zero-order valence-electron chi connectivity index (χ0n) is 10.1. The van der Waals surface area contributed by atoms with Gasteiger partial charge in [-0.05, 0) is 30.5 Å². The van der Waals surface area contributed by atoms with Crippen molar-refractivity contribution in [2.24, 2.45) is 5.92 Å². The van der Waals surface area contributed by atoms with Crippen molar-refractivity contribution in [3.05, 3.63) is 29.3 Å². The second kappa shape index (κ2) is 5.73. The molecule has 18 heavy (non-hydrogen) atoms. The van der Waals surface area contributed by atoms with E-state index in [0.717, 1.165) is 6.07 Å². The topological polar surface area (TPSA) is 66.4 Å². The number of aliphatic hydroxyl groups is 1. The molecule has 1 atom stereocenters. The molecule has 1 aromatic rings. The maximum Gasteiger partial charge on any atom is 0.243 e. The number of aryl methyl sites for hydroxylation is 1. The Morgan fingerprint density at radius 2 is 1.94 bits per heavy atom. The van der Waals surface area contributed by atoms with E-state index in [2.05, 4.69) is 4.72 Å². The van der Waals surface area contributed by atoms with Gasteiger partial charge in [0.1, 0.15) is 16.5 Å². The molecule has 7 heteroatoms. The van der Waals surface area contributed by atoms with Crippen molar-refractivity contribution in [2.75, 3.05) is 13.2 Å². The molecule has 0 saturated heterocycles. The van der Waals surface area contributed by atoms with Crippen molar-refractivity contribution in [1.82, 2.24) is 4.72 Å². The van der Waals surface area contributed by atoms with Gasteiger partial charge in [-0.3, -0.25) is 0 Å². The first-order chi connectivity index (χ1) is 8.27. The van der Waals surface area contributed by atoms with Gasteiger partial charge in [-0.15, -0.1) is 0 Å². The van der Waals surface area contributed by atoms with Gasteiger partial charge in [0.15, 0.2) is 0 Å². The van der Waals surface area contributed by atoms with Gasteiger partial charge in [0.25, 0.3) is 0 Å². The fraction of sp³-hybridized carbons (Fsp3) is 0.455. The lowest BCUT2D eigenvalue weighted by Crippen LogP contribution is -2.30. The van der Waals surface area contributed by atoms with Crippen LogP contribution in [-0.4, -0.2) is 26.7 Å². The van der Waals surface area contributed by atoms with Crippen molar-refractivity contribution in [2.45, 2.75) is 18.7 Å². The quantitative estimate of drug-likeness (QED) is 0.850. The van der Waals surface area contributed by atoms with E-state index < -0.39 is 26.6 Å². The molecule has 0 spiro atoms. The highest BCUT2D eigenvalue weighted by atomic mass is 32.2. The summed E-state index contributed by atoms with van der Waals surface area (Å²) in [6.07, 6.45) is 0. The summed E-state index contributed by atoms with van der Waals surface area (Å²) in [6, 6.07) is 1.48. The molecule has 0 aliphatic heterocycles. The number of halogens is 2. The molecule has 102 valence electrons. The van der Waals surface area contributed by atoms with Crippen LogP contribution < -0.4 is 4.72 Å². The first-order valence-corrected chi connectivity index (χ1v) is 6.82. The maximum atomic E-state index is 13.5. The number of benzene rings is 1. The Labute approximate surface area is 105 Å². The third-order valence-corrected chi connectivity index (χ3v) is 3.87. The van der Waals surface area contributed by atoms with Gasteiger partial charge in [0.05, 0.1) is 0 Å². The molecule has 4 nitrogen and oxygen atoms in total. The van der Waals surface area contributed by atoms with E-state index in [-0.39, 0.29) is 24.6 Å². The molecule has 0 aliphatic carbocycles. The highest BCUT2D eigenvalue weighted by molar-refractivity contribution is 7.89. The Balaban J connectivity index is 3.02. The van der Waals surface area contributed by atoms with E-state index in [1.807, 2.05) is 0 Å². The van der Waals surface area contributed by atoms with Gasteiger partial charge in [-0.25, -0.2) is 21.9 Å². The molecular formula is C11H15F2NO3S. The number of sulfonamides is 1. The van der Waals surface area contributed by atoms with Crippen LogP contribution in [0.2, 0.25) is 0 Å². The Hall–Kier alpha value is -1.05. The molecule has 0 radical (unpaired) electrons. The van der Waals surface area contributed by atoms with E-state index in [1.54, 1.807) is 6.92 Å². The summed E-state index contributed by atoms with van der Waals surface area (Å²) in [5.74, 6) is -2.09. The summed E-state index contributed by atoms with van der Waals surface area (Å²) < 4.78 is 52.3. The number of aliphatic hydroxyl groups excluding tert-OH is 1. The normalized spacial score (nSPS) is 13.6. The molecule has 0 aliphatic rings. The van der Waals surface area contributed by atoms with Gasteiger partial charge in [-0.1, -0.05) is 6.92 Å². The average Bonchev–Trinajstić information content (AvgIpc) is 2.30. The van der Waals surface area contributed by atoms with E-state index in [4.69, 9.17) is 5.11 Å². The monoisotopic (exact) mass is 279 g/mol. The van der Waals surface area contributed by atoms with Crippen LogP contribution >= 0.6 is 0 Å². The number of rotatable bonds is 5. The van der Waals surface area contributed by atoms with Gasteiger partial charge >= 0.3 is 0 Å².